The van der Waals surface area contributed by atoms with Gasteiger partial charge in [0.1, 0.15) is 5.82 Å². The molecule has 0 aromatic heterocycles. The van der Waals surface area contributed by atoms with Gasteiger partial charge in [0.15, 0.2) is 0 Å². The Bertz CT molecular complexity index is 601. The molecule has 0 fully saturated rings. The van der Waals surface area contributed by atoms with Crippen LogP contribution < -0.4 is 5.32 Å². The molecule has 104 valence electrons. The predicted molar refractivity (Wildman–Crippen MR) is 78.6 cm³/mol. The molecule has 0 unspecified atom stereocenters. The van der Waals surface area contributed by atoms with Crippen LogP contribution in [0, 0.1) is 5.82 Å². The van der Waals surface area contributed by atoms with Crippen LogP contribution >= 0.6 is 11.6 Å². The molecule has 0 aliphatic carbocycles. The number of hydrogen-bond donors (Lipinski definition) is 1. The molecule has 1 N–H and O–H groups in total. The normalized spacial score (nSPS) is 11.9. The van der Waals surface area contributed by atoms with E-state index in [1.165, 1.54) is 18.2 Å². The highest BCUT2D eigenvalue weighted by Crippen LogP contribution is 2.16. The highest BCUT2D eigenvalue weighted by molar-refractivity contribution is 6.30. The number of rotatable bonds is 4. The number of benzene rings is 2. The summed E-state index contributed by atoms with van der Waals surface area (Å²) in [5.41, 5.74) is 1.09. The highest BCUT2D eigenvalue weighted by atomic mass is 35.5. The molecule has 2 aromatic rings. The fraction of sp³-hybridized carbons (Fsp3) is 0.188. The van der Waals surface area contributed by atoms with Gasteiger partial charge in [0.25, 0.3) is 5.91 Å². The number of carbonyl (C=O) groups excluding carboxylic acids is 1. The number of amides is 1. The second-order valence-corrected chi connectivity index (χ2v) is 5.08. The number of nitrogens with one attached hydrogen (secondary N) is 1. The van der Waals surface area contributed by atoms with Gasteiger partial charge in [0, 0.05) is 11.6 Å². The van der Waals surface area contributed by atoms with Gasteiger partial charge < -0.3 is 5.32 Å². The minimum atomic E-state index is -0.570. The van der Waals surface area contributed by atoms with Crippen molar-refractivity contribution in [1.29, 1.82) is 0 Å². The summed E-state index contributed by atoms with van der Waals surface area (Å²) in [5, 5.41) is 3.07. The van der Waals surface area contributed by atoms with Gasteiger partial charge in [-0.1, -0.05) is 48.9 Å². The zero-order chi connectivity index (χ0) is 14.5. The van der Waals surface area contributed by atoms with Gasteiger partial charge in [0.2, 0.25) is 0 Å². The Morgan fingerprint density at radius 3 is 2.65 bits per heavy atom. The Hall–Kier alpha value is -1.87. The highest BCUT2D eigenvalue weighted by Gasteiger charge is 2.13. The molecule has 0 heterocycles. The maximum Gasteiger partial charge on any atom is 0.254 e. The van der Waals surface area contributed by atoms with Crippen LogP contribution in [0.1, 0.15) is 28.8 Å². The van der Waals surface area contributed by atoms with Crippen molar-refractivity contribution in [1.82, 2.24) is 5.32 Å². The van der Waals surface area contributed by atoms with Crippen LogP contribution in [0.25, 0.3) is 0 Å². The van der Waals surface area contributed by atoms with Crippen molar-refractivity contribution in [2.24, 2.45) is 0 Å². The van der Waals surface area contributed by atoms with E-state index in [0.717, 1.165) is 5.56 Å². The van der Waals surface area contributed by atoms with Crippen LogP contribution in [0.3, 0.4) is 0 Å². The van der Waals surface area contributed by atoms with Crippen LogP contribution in [0.5, 0.6) is 0 Å². The Morgan fingerprint density at radius 1 is 1.25 bits per heavy atom. The molecule has 2 rings (SSSR count). The fourth-order valence-electron chi connectivity index (χ4n) is 1.91. The Balaban J connectivity index is 2.00. The molecule has 0 bridgehead atoms. The van der Waals surface area contributed by atoms with Crippen LogP contribution in [-0.4, -0.2) is 12.5 Å². The summed E-state index contributed by atoms with van der Waals surface area (Å²) in [4.78, 5) is 11.9. The van der Waals surface area contributed by atoms with Crippen molar-refractivity contribution in [3.05, 3.63) is 70.5 Å². The SMILES string of the molecule is C[C@H](CNC(=O)c1cc(Cl)ccc1F)c1ccccc1. The first-order valence-electron chi connectivity index (χ1n) is 6.36. The number of hydrogen-bond acceptors (Lipinski definition) is 1. The summed E-state index contributed by atoms with van der Waals surface area (Å²) in [7, 11) is 0. The molecule has 2 nitrogen and oxygen atoms in total. The summed E-state index contributed by atoms with van der Waals surface area (Å²) < 4.78 is 13.5. The molecule has 20 heavy (non-hydrogen) atoms. The molecule has 0 saturated carbocycles. The summed E-state index contributed by atoms with van der Waals surface area (Å²) in [5.74, 6) is -0.866. The molecule has 0 radical (unpaired) electrons. The van der Waals surface area contributed by atoms with Crippen molar-refractivity contribution < 1.29 is 9.18 Å². The van der Waals surface area contributed by atoms with E-state index in [-0.39, 0.29) is 11.5 Å². The molecule has 0 saturated heterocycles. The summed E-state index contributed by atoms with van der Waals surface area (Å²) in [6.07, 6.45) is 0. The van der Waals surface area contributed by atoms with Gasteiger partial charge in [-0.05, 0) is 29.7 Å². The van der Waals surface area contributed by atoms with Crippen LogP contribution in [-0.2, 0) is 0 Å². The Morgan fingerprint density at radius 2 is 1.95 bits per heavy atom. The predicted octanol–water partition coefficient (Wildman–Crippen LogP) is 4.01. The van der Waals surface area contributed by atoms with Gasteiger partial charge in [-0.3, -0.25) is 4.79 Å². The van der Waals surface area contributed by atoms with Gasteiger partial charge in [-0.2, -0.15) is 0 Å². The lowest BCUT2D eigenvalue weighted by Gasteiger charge is -2.13. The molecule has 4 heteroatoms. The molecule has 1 atom stereocenters. The zero-order valence-electron chi connectivity index (χ0n) is 11.1. The van der Waals surface area contributed by atoms with E-state index in [2.05, 4.69) is 5.32 Å². The molecule has 2 aromatic carbocycles. The van der Waals surface area contributed by atoms with Gasteiger partial charge in [-0.25, -0.2) is 4.39 Å². The van der Waals surface area contributed by atoms with Gasteiger partial charge >= 0.3 is 0 Å². The van der Waals surface area contributed by atoms with Crippen molar-refractivity contribution in [2.45, 2.75) is 12.8 Å². The second kappa shape index (κ2) is 6.53. The lowest BCUT2D eigenvalue weighted by Crippen LogP contribution is -2.28. The first kappa shape index (κ1) is 14.5. The minimum absolute atomic E-state index is 0.0299. The lowest BCUT2D eigenvalue weighted by molar-refractivity contribution is 0.0947. The van der Waals surface area contributed by atoms with E-state index < -0.39 is 11.7 Å². The van der Waals surface area contributed by atoms with Crippen molar-refractivity contribution in [3.8, 4) is 0 Å². The van der Waals surface area contributed by atoms with E-state index in [1.54, 1.807) is 0 Å². The maximum absolute atomic E-state index is 13.5. The van der Waals surface area contributed by atoms with Crippen LogP contribution in [0.15, 0.2) is 48.5 Å². The second-order valence-electron chi connectivity index (χ2n) is 4.65. The first-order chi connectivity index (χ1) is 9.58. The van der Waals surface area contributed by atoms with E-state index in [1.807, 2.05) is 37.3 Å². The van der Waals surface area contributed by atoms with Crippen molar-refractivity contribution in [2.75, 3.05) is 6.54 Å². The van der Waals surface area contributed by atoms with Crippen LogP contribution in [0.2, 0.25) is 5.02 Å². The molecular formula is C16H15ClFNO. The summed E-state index contributed by atoms with van der Waals surface area (Å²) in [6, 6.07) is 13.8. The monoisotopic (exact) mass is 291 g/mol. The Labute approximate surface area is 122 Å². The number of carbonyl (C=O) groups is 1. The molecule has 0 spiro atoms. The fourth-order valence-corrected chi connectivity index (χ4v) is 2.08. The molecule has 0 aliphatic rings. The van der Waals surface area contributed by atoms with Gasteiger partial charge in [-0.15, -0.1) is 0 Å². The lowest BCUT2D eigenvalue weighted by atomic mass is 10.0. The van der Waals surface area contributed by atoms with E-state index >= 15 is 0 Å². The average Bonchev–Trinajstić information content (AvgIpc) is 2.47. The summed E-state index contributed by atoms with van der Waals surface area (Å²) >= 11 is 5.77. The summed E-state index contributed by atoms with van der Waals surface area (Å²) in [6.45, 7) is 2.44. The van der Waals surface area contributed by atoms with E-state index in [0.29, 0.717) is 11.6 Å². The quantitative estimate of drug-likeness (QED) is 0.906. The average molecular weight is 292 g/mol. The topological polar surface area (TPSA) is 29.1 Å². The van der Waals surface area contributed by atoms with E-state index in [4.69, 9.17) is 11.6 Å². The largest absolute Gasteiger partial charge is 0.351 e. The number of halogens is 2. The molecule has 0 aliphatic heterocycles. The third-order valence-electron chi connectivity index (χ3n) is 3.11. The maximum atomic E-state index is 13.5. The van der Waals surface area contributed by atoms with Crippen molar-refractivity contribution in [3.63, 3.8) is 0 Å². The van der Waals surface area contributed by atoms with Crippen LogP contribution in [0.4, 0.5) is 4.39 Å². The van der Waals surface area contributed by atoms with Crippen molar-refractivity contribution >= 4 is 17.5 Å². The Kier molecular flexibility index (Phi) is 4.74. The molecule has 1 amide bonds. The standard InChI is InChI=1S/C16H15ClFNO/c1-11(12-5-3-2-4-6-12)10-19-16(20)14-9-13(17)7-8-15(14)18/h2-9,11H,10H2,1H3,(H,19,20)/t11-/m1/s1. The minimum Gasteiger partial charge on any atom is -0.351 e. The molecular weight excluding hydrogens is 277 g/mol. The third kappa shape index (κ3) is 3.58. The van der Waals surface area contributed by atoms with Gasteiger partial charge in [0.05, 0.1) is 5.56 Å². The van der Waals surface area contributed by atoms with E-state index in [9.17, 15) is 9.18 Å². The zero-order valence-corrected chi connectivity index (χ0v) is 11.8. The third-order valence-corrected chi connectivity index (χ3v) is 3.35. The first-order valence-corrected chi connectivity index (χ1v) is 6.74. The smallest absolute Gasteiger partial charge is 0.254 e.